The quantitative estimate of drug-likeness (QED) is 0.835. The molecular weight excluding hydrogens is 238 g/mol. The van der Waals surface area contributed by atoms with Gasteiger partial charge in [0.2, 0.25) is 0 Å². The molecule has 1 aromatic rings. The Hall–Kier alpha value is -1.06. The third-order valence-corrected chi connectivity index (χ3v) is 3.56. The first-order valence-electron chi connectivity index (χ1n) is 5.76. The summed E-state index contributed by atoms with van der Waals surface area (Å²) < 4.78 is 0. The summed E-state index contributed by atoms with van der Waals surface area (Å²) in [6.07, 6.45) is 1.23. The first-order valence-corrected chi connectivity index (χ1v) is 6.14. The van der Waals surface area contributed by atoms with Gasteiger partial charge in [0.1, 0.15) is 0 Å². The van der Waals surface area contributed by atoms with Crippen LogP contribution in [0.4, 0.5) is 0 Å². The third kappa shape index (κ3) is 2.79. The number of hydrogen-bond donors (Lipinski definition) is 1. The number of rotatable bonds is 1. The molecule has 1 N–H and O–H groups in total. The molecule has 0 bridgehead atoms. The lowest BCUT2D eigenvalue weighted by Crippen LogP contribution is -2.45. The molecule has 1 fully saturated rings. The van der Waals surface area contributed by atoms with E-state index in [1.165, 1.54) is 0 Å². The zero-order valence-electron chi connectivity index (χ0n) is 9.82. The number of piperidine rings is 1. The van der Waals surface area contributed by atoms with Crippen molar-refractivity contribution in [2.75, 3.05) is 13.1 Å². The van der Waals surface area contributed by atoms with E-state index in [9.17, 15) is 9.90 Å². The van der Waals surface area contributed by atoms with Crippen molar-refractivity contribution >= 4 is 17.5 Å². The van der Waals surface area contributed by atoms with Gasteiger partial charge < -0.3 is 10.0 Å². The van der Waals surface area contributed by atoms with Gasteiger partial charge in [0.25, 0.3) is 5.91 Å². The number of nitrogens with zero attached hydrogens (tertiary/aromatic N) is 1. The molecule has 0 aromatic heterocycles. The van der Waals surface area contributed by atoms with Crippen molar-refractivity contribution in [3.63, 3.8) is 0 Å². The Morgan fingerprint density at radius 2 is 1.94 bits per heavy atom. The van der Waals surface area contributed by atoms with E-state index in [4.69, 9.17) is 11.6 Å². The van der Waals surface area contributed by atoms with Crippen molar-refractivity contribution < 1.29 is 9.90 Å². The van der Waals surface area contributed by atoms with E-state index in [-0.39, 0.29) is 5.91 Å². The summed E-state index contributed by atoms with van der Waals surface area (Å²) in [5.41, 5.74) is -0.104. The molecule has 1 saturated heterocycles. The molecule has 92 valence electrons. The van der Waals surface area contributed by atoms with Crippen LogP contribution in [0.2, 0.25) is 5.02 Å². The third-order valence-electron chi connectivity index (χ3n) is 3.23. The van der Waals surface area contributed by atoms with Crippen LogP contribution in [0.3, 0.4) is 0 Å². The molecule has 0 saturated carbocycles. The average Bonchev–Trinajstić information content (AvgIpc) is 2.29. The number of aliphatic hydroxyl groups is 1. The van der Waals surface area contributed by atoms with Gasteiger partial charge in [0.15, 0.2) is 0 Å². The van der Waals surface area contributed by atoms with Gasteiger partial charge in [-0.15, -0.1) is 0 Å². The van der Waals surface area contributed by atoms with E-state index < -0.39 is 5.60 Å². The lowest BCUT2D eigenvalue weighted by atomic mass is 9.93. The van der Waals surface area contributed by atoms with Gasteiger partial charge >= 0.3 is 0 Å². The second-order valence-electron chi connectivity index (χ2n) is 4.77. The largest absolute Gasteiger partial charge is 0.390 e. The fourth-order valence-electron chi connectivity index (χ4n) is 2.00. The molecule has 4 heteroatoms. The van der Waals surface area contributed by atoms with Gasteiger partial charge in [-0.05, 0) is 31.9 Å². The maximum Gasteiger partial charge on any atom is 0.255 e. The summed E-state index contributed by atoms with van der Waals surface area (Å²) in [4.78, 5) is 13.9. The second-order valence-corrected chi connectivity index (χ2v) is 5.18. The summed E-state index contributed by atoms with van der Waals surface area (Å²) >= 11 is 6.00. The van der Waals surface area contributed by atoms with Crippen LogP contribution in [0.15, 0.2) is 24.3 Å². The molecule has 3 nitrogen and oxygen atoms in total. The van der Waals surface area contributed by atoms with Gasteiger partial charge in [0.05, 0.1) is 16.2 Å². The molecule has 1 amide bonds. The summed E-state index contributed by atoms with van der Waals surface area (Å²) in [5, 5.41) is 10.3. The second kappa shape index (κ2) is 4.67. The summed E-state index contributed by atoms with van der Waals surface area (Å²) in [6, 6.07) is 7.06. The minimum Gasteiger partial charge on any atom is -0.390 e. The average molecular weight is 254 g/mol. The van der Waals surface area contributed by atoms with Crippen LogP contribution in [0.25, 0.3) is 0 Å². The normalized spacial score (nSPS) is 19.1. The zero-order chi connectivity index (χ0) is 12.5. The molecule has 1 heterocycles. The van der Waals surface area contributed by atoms with Gasteiger partial charge in [0, 0.05) is 13.1 Å². The van der Waals surface area contributed by atoms with Crippen LogP contribution < -0.4 is 0 Å². The van der Waals surface area contributed by atoms with E-state index in [0.717, 1.165) is 0 Å². The highest BCUT2D eigenvalue weighted by Gasteiger charge is 2.30. The first kappa shape index (κ1) is 12.4. The van der Waals surface area contributed by atoms with Crippen molar-refractivity contribution in [3.8, 4) is 0 Å². The highest BCUT2D eigenvalue weighted by molar-refractivity contribution is 6.33. The summed E-state index contributed by atoms with van der Waals surface area (Å²) in [6.45, 7) is 2.97. The predicted octanol–water partition coefficient (Wildman–Crippen LogP) is 2.33. The van der Waals surface area contributed by atoms with Crippen LogP contribution in [-0.2, 0) is 0 Å². The predicted molar refractivity (Wildman–Crippen MR) is 67.2 cm³/mol. The van der Waals surface area contributed by atoms with Crippen LogP contribution >= 0.6 is 11.6 Å². The zero-order valence-corrected chi connectivity index (χ0v) is 10.6. The lowest BCUT2D eigenvalue weighted by molar-refractivity contribution is -0.00201. The fraction of sp³-hybridized carbons (Fsp3) is 0.462. The Labute approximate surface area is 106 Å². The first-order chi connectivity index (χ1) is 7.99. The highest BCUT2D eigenvalue weighted by atomic mass is 35.5. The van der Waals surface area contributed by atoms with Crippen molar-refractivity contribution in [1.29, 1.82) is 0 Å². The number of likely N-dealkylation sites (tertiary alicyclic amines) is 1. The Morgan fingerprint density at radius 3 is 2.53 bits per heavy atom. The highest BCUT2D eigenvalue weighted by Crippen LogP contribution is 2.24. The lowest BCUT2D eigenvalue weighted by Gasteiger charge is -2.35. The molecule has 1 aromatic carbocycles. The molecule has 0 atom stereocenters. The van der Waals surface area contributed by atoms with E-state index in [0.29, 0.717) is 36.5 Å². The molecular formula is C13H16ClNO2. The number of amides is 1. The van der Waals surface area contributed by atoms with Crippen LogP contribution in [-0.4, -0.2) is 34.6 Å². The molecule has 0 spiro atoms. The van der Waals surface area contributed by atoms with Crippen LogP contribution in [0, 0.1) is 0 Å². The number of hydrogen-bond acceptors (Lipinski definition) is 2. The Bertz CT molecular complexity index is 421. The van der Waals surface area contributed by atoms with Gasteiger partial charge in [-0.25, -0.2) is 0 Å². The smallest absolute Gasteiger partial charge is 0.255 e. The number of carbonyl (C=O) groups is 1. The Morgan fingerprint density at radius 1 is 1.35 bits per heavy atom. The number of halogens is 1. The van der Waals surface area contributed by atoms with Crippen molar-refractivity contribution in [1.82, 2.24) is 4.90 Å². The molecule has 0 radical (unpaired) electrons. The van der Waals surface area contributed by atoms with E-state index in [1.54, 1.807) is 29.2 Å². The van der Waals surface area contributed by atoms with Gasteiger partial charge in [-0.2, -0.15) is 0 Å². The van der Waals surface area contributed by atoms with E-state index in [1.807, 2.05) is 6.92 Å². The molecule has 1 aliphatic rings. The fourth-order valence-corrected chi connectivity index (χ4v) is 2.21. The van der Waals surface area contributed by atoms with Crippen LogP contribution in [0.5, 0.6) is 0 Å². The molecule has 2 rings (SSSR count). The minimum absolute atomic E-state index is 0.0499. The van der Waals surface area contributed by atoms with Crippen LogP contribution in [0.1, 0.15) is 30.1 Å². The molecule has 1 aliphatic heterocycles. The summed E-state index contributed by atoms with van der Waals surface area (Å²) in [7, 11) is 0. The standard InChI is InChI=1S/C13H16ClNO2/c1-13(17)6-8-15(9-7-13)12(16)10-4-2-3-5-11(10)14/h2-5,17H,6-9H2,1H3. The van der Waals surface area contributed by atoms with Crippen molar-refractivity contribution in [2.24, 2.45) is 0 Å². The van der Waals surface area contributed by atoms with Crippen molar-refractivity contribution in [2.45, 2.75) is 25.4 Å². The topological polar surface area (TPSA) is 40.5 Å². The molecule has 0 unspecified atom stereocenters. The molecule has 17 heavy (non-hydrogen) atoms. The number of carbonyl (C=O) groups excluding carboxylic acids is 1. The number of benzene rings is 1. The minimum atomic E-state index is -0.642. The van der Waals surface area contributed by atoms with E-state index >= 15 is 0 Å². The monoisotopic (exact) mass is 253 g/mol. The maximum absolute atomic E-state index is 12.2. The Balaban J connectivity index is 2.10. The molecule has 0 aliphatic carbocycles. The maximum atomic E-state index is 12.2. The SMILES string of the molecule is CC1(O)CCN(C(=O)c2ccccc2Cl)CC1. The van der Waals surface area contributed by atoms with E-state index in [2.05, 4.69) is 0 Å². The Kier molecular flexibility index (Phi) is 3.40. The van der Waals surface area contributed by atoms with Gasteiger partial charge in [-0.1, -0.05) is 23.7 Å². The van der Waals surface area contributed by atoms with Gasteiger partial charge in [-0.3, -0.25) is 4.79 Å². The summed E-state index contributed by atoms with van der Waals surface area (Å²) in [5.74, 6) is -0.0499. The van der Waals surface area contributed by atoms with Crippen molar-refractivity contribution in [3.05, 3.63) is 34.9 Å².